The molecule has 0 unspecified atom stereocenters. The van der Waals surface area contributed by atoms with Crippen molar-refractivity contribution >= 4 is 23.2 Å². The molecule has 1 atom stereocenters. The molecule has 2 aromatic carbocycles. The molecule has 0 saturated carbocycles. The van der Waals surface area contributed by atoms with E-state index < -0.39 is 0 Å². The number of anilines is 1. The van der Waals surface area contributed by atoms with Gasteiger partial charge < -0.3 is 5.32 Å². The molecule has 4 heteroatoms. The Morgan fingerprint density at radius 3 is 2.57 bits per heavy atom. The zero-order valence-corrected chi connectivity index (χ0v) is 14.8. The summed E-state index contributed by atoms with van der Waals surface area (Å²) in [5, 5.41) is 3.71. The molecule has 0 aliphatic carbocycles. The Labute approximate surface area is 143 Å². The molecule has 23 heavy (non-hydrogen) atoms. The van der Waals surface area contributed by atoms with Crippen molar-refractivity contribution in [1.82, 2.24) is 4.90 Å². The van der Waals surface area contributed by atoms with Crippen molar-refractivity contribution < 1.29 is 4.79 Å². The van der Waals surface area contributed by atoms with Gasteiger partial charge in [-0.2, -0.15) is 0 Å². The number of hydrogen-bond acceptors (Lipinski definition) is 2. The Hall–Kier alpha value is -1.84. The number of rotatable bonds is 5. The van der Waals surface area contributed by atoms with Gasteiger partial charge >= 0.3 is 0 Å². The van der Waals surface area contributed by atoms with Crippen molar-refractivity contribution in [2.75, 3.05) is 18.9 Å². The molecular weight excluding hydrogens is 308 g/mol. The lowest BCUT2D eigenvalue weighted by molar-refractivity contribution is -0.117. The minimum Gasteiger partial charge on any atom is -0.325 e. The number of benzene rings is 2. The van der Waals surface area contributed by atoms with Crippen LogP contribution in [-0.4, -0.2) is 24.4 Å². The Kier molecular flexibility index (Phi) is 5.80. The highest BCUT2D eigenvalue weighted by atomic mass is 35.5. The van der Waals surface area contributed by atoms with Crippen molar-refractivity contribution in [3.8, 4) is 0 Å². The van der Waals surface area contributed by atoms with E-state index in [1.807, 2.05) is 75.2 Å². The average molecular weight is 331 g/mol. The molecule has 2 aromatic rings. The standard InChI is InChI=1S/C19H23ClN2O/c1-13-8-7-11-18(14(13)2)21-19(23)12-22(4)15(3)16-9-5-6-10-17(16)20/h5-11,15H,12H2,1-4H3,(H,21,23)/t15-/m1/s1. The predicted octanol–water partition coefficient (Wildman–Crippen LogP) is 4.59. The maximum atomic E-state index is 12.3. The number of carbonyl (C=O) groups is 1. The lowest BCUT2D eigenvalue weighted by Crippen LogP contribution is -2.32. The van der Waals surface area contributed by atoms with Crippen LogP contribution in [0.15, 0.2) is 42.5 Å². The van der Waals surface area contributed by atoms with Crippen molar-refractivity contribution in [2.45, 2.75) is 26.8 Å². The maximum Gasteiger partial charge on any atom is 0.238 e. The van der Waals surface area contributed by atoms with Crippen molar-refractivity contribution in [2.24, 2.45) is 0 Å². The minimum absolute atomic E-state index is 0.0277. The predicted molar refractivity (Wildman–Crippen MR) is 97.0 cm³/mol. The molecule has 0 aliphatic rings. The number of carbonyl (C=O) groups excluding carboxylic acids is 1. The van der Waals surface area contributed by atoms with E-state index in [1.54, 1.807) is 0 Å². The summed E-state index contributed by atoms with van der Waals surface area (Å²) in [6.45, 7) is 6.41. The molecule has 1 N–H and O–H groups in total. The Morgan fingerprint density at radius 2 is 1.87 bits per heavy atom. The van der Waals surface area contributed by atoms with Gasteiger partial charge in [0.2, 0.25) is 5.91 Å². The second kappa shape index (κ2) is 7.62. The molecule has 0 bridgehead atoms. The molecule has 0 fully saturated rings. The minimum atomic E-state index is -0.0277. The van der Waals surface area contributed by atoms with E-state index in [0.717, 1.165) is 21.8 Å². The number of aryl methyl sites for hydroxylation is 1. The summed E-state index contributed by atoms with van der Waals surface area (Å²) in [6, 6.07) is 13.7. The third-order valence-corrected chi connectivity index (χ3v) is 4.63. The van der Waals surface area contributed by atoms with E-state index in [0.29, 0.717) is 6.54 Å². The van der Waals surface area contributed by atoms with Crippen molar-refractivity contribution in [3.05, 3.63) is 64.2 Å². The monoisotopic (exact) mass is 330 g/mol. The number of hydrogen-bond donors (Lipinski definition) is 1. The van der Waals surface area contributed by atoms with Gasteiger partial charge in [0, 0.05) is 16.8 Å². The van der Waals surface area contributed by atoms with Crippen LogP contribution in [0, 0.1) is 13.8 Å². The highest BCUT2D eigenvalue weighted by molar-refractivity contribution is 6.31. The zero-order chi connectivity index (χ0) is 17.0. The molecule has 2 rings (SSSR count). The molecule has 122 valence electrons. The number of halogens is 1. The van der Waals surface area contributed by atoms with E-state index in [4.69, 9.17) is 11.6 Å². The molecule has 0 radical (unpaired) electrons. The summed E-state index contributed by atoms with van der Waals surface area (Å²) >= 11 is 6.24. The third-order valence-electron chi connectivity index (χ3n) is 4.29. The molecule has 0 spiro atoms. The summed E-state index contributed by atoms with van der Waals surface area (Å²) in [4.78, 5) is 14.3. The first-order valence-electron chi connectivity index (χ1n) is 7.71. The van der Waals surface area contributed by atoms with Crippen molar-refractivity contribution in [3.63, 3.8) is 0 Å². The van der Waals surface area contributed by atoms with Gasteiger partial charge in [-0.15, -0.1) is 0 Å². The summed E-state index contributed by atoms with van der Waals surface area (Å²) in [7, 11) is 1.93. The Bertz CT molecular complexity index is 700. The number of nitrogens with zero attached hydrogens (tertiary/aromatic N) is 1. The fourth-order valence-corrected chi connectivity index (χ4v) is 2.78. The second-order valence-electron chi connectivity index (χ2n) is 5.91. The molecule has 0 aromatic heterocycles. The molecule has 1 amide bonds. The zero-order valence-electron chi connectivity index (χ0n) is 14.1. The van der Waals surface area contributed by atoms with Gasteiger partial charge in [-0.3, -0.25) is 9.69 Å². The van der Waals surface area contributed by atoms with Gasteiger partial charge in [-0.1, -0.05) is 41.9 Å². The van der Waals surface area contributed by atoms with Gasteiger partial charge in [0.1, 0.15) is 0 Å². The van der Waals surface area contributed by atoms with Gasteiger partial charge in [-0.25, -0.2) is 0 Å². The molecule has 0 aliphatic heterocycles. The van der Waals surface area contributed by atoms with Crippen LogP contribution in [0.2, 0.25) is 5.02 Å². The van der Waals surface area contributed by atoms with Crippen LogP contribution in [0.3, 0.4) is 0 Å². The van der Waals surface area contributed by atoms with Crippen LogP contribution in [-0.2, 0) is 4.79 Å². The summed E-state index contributed by atoms with van der Waals surface area (Å²) in [5.74, 6) is -0.0277. The van der Waals surface area contributed by atoms with Gasteiger partial charge in [-0.05, 0) is 56.6 Å². The fourth-order valence-electron chi connectivity index (χ4n) is 2.49. The fraction of sp³-hybridized carbons (Fsp3) is 0.316. The van der Waals surface area contributed by atoms with Crippen molar-refractivity contribution in [1.29, 1.82) is 0 Å². The number of nitrogens with one attached hydrogen (secondary N) is 1. The van der Waals surface area contributed by atoms with Crippen LogP contribution in [0.25, 0.3) is 0 Å². The first kappa shape index (κ1) is 17.5. The summed E-state index contributed by atoms with van der Waals surface area (Å²) in [6.07, 6.45) is 0. The second-order valence-corrected chi connectivity index (χ2v) is 6.32. The highest BCUT2D eigenvalue weighted by Crippen LogP contribution is 2.26. The van der Waals surface area contributed by atoms with E-state index in [9.17, 15) is 4.79 Å². The maximum absolute atomic E-state index is 12.3. The number of amides is 1. The van der Waals surface area contributed by atoms with Crippen LogP contribution in [0.4, 0.5) is 5.69 Å². The number of likely N-dealkylation sites (N-methyl/N-ethyl adjacent to an activating group) is 1. The smallest absolute Gasteiger partial charge is 0.238 e. The largest absolute Gasteiger partial charge is 0.325 e. The van der Waals surface area contributed by atoms with E-state index in [2.05, 4.69) is 5.32 Å². The first-order valence-corrected chi connectivity index (χ1v) is 8.08. The summed E-state index contributed by atoms with van der Waals surface area (Å²) in [5.41, 5.74) is 4.16. The molecule has 0 heterocycles. The van der Waals surface area contributed by atoms with E-state index in [-0.39, 0.29) is 11.9 Å². The average Bonchev–Trinajstić information content (AvgIpc) is 2.51. The van der Waals surface area contributed by atoms with Crippen LogP contribution in [0.5, 0.6) is 0 Å². The van der Waals surface area contributed by atoms with E-state index >= 15 is 0 Å². The van der Waals surface area contributed by atoms with Crippen LogP contribution < -0.4 is 5.32 Å². The lowest BCUT2D eigenvalue weighted by Gasteiger charge is -2.25. The van der Waals surface area contributed by atoms with Gasteiger partial charge in [0.05, 0.1) is 6.54 Å². The quantitative estimate of drug-likeness (QED) is 0.869. The van der Waals surface area contributed by atoms with Gasteiger partial charge in [0.15, 0.2) is 0 Å². The van der Waals surface area contributed by atoms with Crippen LogP contribution >= 0.6 is 11.6 Å². The molecule has 0 saturated heterocycles. The third kappa shape index (κ3) is 4.34. The van der Waals surface area contributed by atoms with Crippen LogP contribution in [0.1, 0.15) is 29.7 Å². The topological polar surface area (TPSA) is 32.3 Å². The SMILES string of the molecule is Cc1cccc(NC(=O)CN(C)[C@H](C)c2ccccc2Cl)c1C. The Balaban J connectivity index is 2.02. The highest BCUT2D eigenvalue weighted by Gasteiger charge is 2.17. The first-order chi connectivity index (χ1) is 10.9. The lowest BCUT2D eigenvalue weighted by atomic mass is 10.1. The molecule has 3 nitrogen and oxygen atoms in total. The molecular formula is C19H23ClN2O. The normalized spacial score (nSPS) is 12.3. The summed E-state index contributed by atoms with van der Waals surface area (Å²) < 4.78 is 0. The Morgan fingerprint density at radius 1 is 1.17 bits per heavy atom. The van der Waals surface area contributed by atoms with Gasteiger partial charge in [0.25, 0.3) is 0 Å². The van der Waals surface area contributed by atoms with E-state index in [1.165, 1.54) is 5.56 Å².